The van der Waals surface area contributed by atoms with Gasteiger partial charge in [-0.2, -0.15) is 13.2 Å². The summed E-state index contributed by atoms with van der Waals surface area (Å²) in [4.78, 5) is 11.1. The molecule has 7 heteroatoms. The Balaban J connectivity index is 3.09. The third-order valence-electron chi connectivity index (χ3n) is 2.40. The summed E-state index contributed by atoms with van der Waals surface area (Å²) in [5.74, 6) is -1.60. The summed E-state index contributed by atoms with van der Waals surface area (Å²) in [5, 5.41) is 17.4. The number of carbonyl (C=O) groups is 1. The van der Waals surface area contributed by atoms with Crippen molar-refractivity contribution in [3.05, 3.63) is 29.3 Å². The van der Waals surface area contributed by atoms with Crippen LogP contribution in [0.5, 0.6) is 0 Å². The minimum atomic E-state index is -4.70. The lowest BCUT2D eigenvalue weighted by Gasteiger charge is -2.14. The lowest BCUT2D eigenvalue weighted by molar-refractivity contribution is -0.138. The van der Waals surface area contributed by atoms with Crippen LogP contribution in [0.4, 0.5) is 13.2 Å². The molecule has 0 aliphatic rings. The van der Waals surface area contributed by atoms with Gasteiger partial charge < -0.3 is 10.2 Å². The number of benzene rings is 1. The molecule has 1 atom stereocenters. The molecule has 0 heterocycles. The summed E-state index contributed by atoms with van der Waals surface area (Å²) in [5.41, 5.74) is -1.91. The first-order valence-electron chi connectivity index (χ1n) is 5.47. The molecule has 1 unspecified atom stereocenters. The Kier molecular flexibility index (Phi) is 5.25. The van der Waals surface area contributed by atoms with Crippen molar-refractivity contribution in [3.8, 4) is 0 Å². The number of carboxylic acids is 1. The highest BCUT2D eigenvalue weighted by atomic mass is 32.2. The van der Waals surface area contributed by atoms with E-state index in [9.17, 15) is 18.0 Å². The van der Waals surface area contributed by atoms with E-state index < -0.39 is 23.3 Å². The van der Waals surface area contributed by atoms with E-state index in [1.54, 1.807) is 6.92 Å². The number of alkyl halides is 3. The Morgan fingerprint density at radius 2 is 2.05 bits per heavy atom. The molecule has 19 heavy (non-hydrogen) atoms. The largest absolute Gasteiger partial charge is 0.478 e. The molecule has 1 aromatic rings. The van der Waals surface area contributed by atoms with Crippen LogP contribution in [0.25, 0.3) is 0 Å². The maximum absolute atomic E-state index is 12.8. The monoisotopic (exact) mass is 294 g/mol. The first-order chi connectivity index (χ1) is 8.75. The van der Waals surface area contributed by atoms with Gasteiger partial charge >= 0.3 is 12.1 Å². The SMILES string of the molecule is CC(CCO)Sc1ccc(C(=O)O)c(C(F)(F)F)c1. The van der Waals surface area contributed by atoms with Gasteiger partial charge in [-0.1, -0.05) is 6.92 Å². The van der Waals surface area contributed by atoms with Crippen molar-refractivity contribution in [1.29, 1.82) is 0 Å². The minimum Gasteiger partial charge on any atom is -0.478 e. The van der Waals surface area contributed by atoms with E-state index in [2.05, 4.69) is 0 Å². The third-order valence-corrected chi connectivity index (χ3v) is 3.56. The predicted octanol–water partition coefficient (Wildman–Crippen LogP) is 3.27. The highest BCUT2D eigenvalue weighted by molar-refractivity contribution is 7.99. The maximum atomic E-state index is 12.8. The highest BCUT2D eigenvalue weighted by Crippen LogP contribution is 2.36. The van der Waals surface area contributed by atoms with Crippen LogP contribution in [-0.2, 0) is 6.18 Å². The van der Waals surface area contributed by atoms with Crippen molar-refractivity contribution in [2.75, 3.05) is 6.61 Å². The maximum Gasteiger partial charge on any atom is 0.417 e. The zero-order valence-electron chi connectivity index (χ0n) is 10.1. The molecule has 0 amide bonds. The molecule has 3 nitrogen and oxygen atoms in total. The Bertz CT molecular complexity index is 460. The van der Waals surface area contributed by atoms with Gasteiger partial charge in [0.1, 0.15) is 0 Å². The number of rotatable bonds is 5. The molecule has 0 saturated carbocycles. The van der Waals surface area contributed by atoms with Crippen LogP contribution in [0.2, 0.25) is 0 Å². The molecule has 0 saturated heterocycles. The van der Waals surface area contributed by atoms with Gasteiger partial charge in [0.2, 0.25) is 0 Å². The second kappa shape index (κ2) is 6.29. The van der Waals surface area contributed by atoms with Gasteiger partial charge in [0.15, 0.2) is 0 Å². The second-order valence-electron chi connectivity index (χ2n) is 3.95. The van der Waals surface area contributed by atoms with E-state index in [1.165, 1.54) is 17.8 Å². The summed E-state index contributed by atoms with van der Waals surface area (Å²) in [6.45, 7) is 1.73. The Morgan fingerprint density at radius 1 is 1.42 bits per heavy atom. The molecular weight excluding hydrogens is 281 g/mol. The fourth-order valence-corrected chi connectivity index (χ4v) is 2.51. The van der Waals surface area contributed by atoms with Gasteiger partial charge in [0.05, 0.1) is 11.1 Å². The average Bonchev–Trinajstić information content (AvgIpc) is 2.27. The van der Waals surface area contributed by atoms with Crippen molar-refractivity contribution in [1.82, 2.24) is 0 Å². The predicted molar refractivity (Wildman–Crippen MR) is 65.4 cm³/mol. The number of hydrogen-bond acceptors (Lipinski definition) is 3. The van der Waals surface area contributed by atoms with E-state index in [-0.39, 0.29) is 11.9 Å². The Hall–Kier alpha value is -1.21. The number of thioether (sulfide) groups is 1. The van der Waals surface area contributed by atoms with Gasteiger partial charge in [-0.15, -0.1) is 11.8 Å². The Labute approximate surface area is 112 Å². The first kappa shape index (κ1) is 15.8. The molecule has 0 aromatic heterocycles. The van der Waals surface area contributed by atoms with E-state index in [1.807, 2.05) is 0 Å². The second-order valence-corrected chi connectivity index (χ2v) is 5.46. The van der Waals surface area contributed by atoms with Crippen LogP contribution in [0.3, 0.4) is 0 Å². The van der Waals surface area contributed by atoms with Gasteiger partial charge in [-0.05, 0) is 24.6 Å². The fourth-order valence-electron chi connectivity index (χ4n) is 1.49. The lowest BCUT2D eigenvalue weighted by Crippen LogP contribution is -2.13. The van der Waals surface area contributed by atoms with Gasteiger partial charge in [0, 0.05) is 16.8 Å². The van der Waals surface area contributed by atoms with E-state index in [0.717, 1.165) is 12.1 Å². The molecule has 106 valence electrons. The molecule has 0 radical (unpaired) electrons. The molecule has 0 spiro atoms. The Morgan fingerprint density at radius 3 is 2.53 bits per heavy atom. The average molecular weight is 294 g/mol. The van der Waals surface area contributed by atoms with Gasteiger partial charge in [-0.3, -0.25) is 0 Å². The quantitative estimate of drug-likeness (QED) is 0.818. The summed E-state index contributed by atoms with van der Waals surface area (Å²) in [7, 11) is 0. The summed E-state index contributed by atoms with van der Waals surface area (Å²) >= 11 is 1.17. The van der Waals surface area contributed by atoms with Crippen molar-refractivity contribution in [2.45, 2.75) is 29.7 Å². The van der Waals surface area contributed by atoms with Crippen LogP contribution >= 0.6 is 11.8 Å². The fraction of sp³-hybridized carbons (Fsp3) is 0.417. The molecular formula is C12H13F3O3S. The number of aliphatic hydroxyl groups excluding tert-OH is 1. The van der Waals surface area contributed by atoms with Crippen LogP contribution < -0.4 is 0 Å². The minimum absolute atomic E-state index is 0.0481. The van der Waals surface area contributed by atoms with Crippen LogP contribution in [0.1, 0.15) is 29.3 Å². The molecule has 0 aliphatic heterocycles. The molecule has 0 aliphatic carbocycles. The van der Waals surface area contributed by atoms with Crippen molar-refractivity contribution >= 4 is 17.7 Å². The zero-order chi connectivity index (χ0) is 14.6. The van der Waals surface area contributed by atoms with Crippen LogP contribution in [0, 0.1) is 0 Å². The lowest BCUT2D eigenvalue weighted by atomic mass is 10.1. The first-order valence-corrected chi connectivity index (χ1v) is 6.35. The number of aliphatic hydroxyl groups is 1. The summed E-state index contributed by atoms with van der Waals surface area (Å²) < 4.78 is 38.3. The number of carboxylic acid groups (broad SMARTS) is 1. The van der Waals surface area contributed by atoms with Crippen molar-refractivity contribution < 1.29 is 28.2 Å². The van der Waals surface area contributed by atoms with E-state index >= 15 is 0 Å². The van der Waals surface area contributed by atoms with E-state index in [0.29, 0.717) is 11.3 Å². The van der Waals surface area contributed by atoms with Crippen LogP contribution in [0.15, 0.2) is 23.1 Å². The summed E-state index contributed by atoms with van der Waals surface area (Å²) in [6, 6.07) is 3.14. The number of halogens is 3. The standard InChI is InChI=1S/C12H13F3O3S/c1-7(4-5-16)19-8-2-3-9(11(17)18)10(6-8)12(13,14)15/h2-3,6-7,16H,4-5H2,1H3,(H,17,18). The normalized spacial score (nSPS) is 13.3. The smallest absolute Gasteiger partial charge is 0.417 e. The van der Waals surface area contributed by atoms with Crippen LogP contribution in [-0.4, -0.2) is 28.0 Å². The molecule has 1 aromatic carbocycles. The molecule has 0 fully saturated rings. The van der Waals surface area contributed by atoms with Gasteiger partial charge in [0.25, 0.3) is 0 Å². The number of hydrogen-bond donors (Lipinski definition) is 2. The summed E-state index contributed by atoms with van der Waals surface area (Å²) in [6.07, 6.45) is -4.25. The zero-order valence-corrected chi connectivity index (χ0v) is 10.9. The highest BCUT2D eigenvalue weighted by Gasteiger charge is 2.35. The van der Waals surface area contributed by atoms with Crippen molar-refractivity contribution in [3.63, 3.8) is 0 Å². The molecule has 1 rings (SSSR count). The van der Waals surface area contributed by atoms with E-state index in [4.69, 9.17) is 10.2 Å². The van der Waals surface area contributed by atoms with Gasteiger partial charge in [-0.25, -0.2) is 4.79 Å². The third kappa shape index (κ3) is 4.43. The molecule has 2 N–H and O–H groups in total. The topological polar surface area (TPSA) is 57.5 Å². The number of aromatic carboxylic acids is 1. The van der Waals surface area contributed by atoms with Crippen molar-refractivity contribution in [2.24, 2.45) is 0 Å². The molecule has 0 bridgehead atoms.